The third kappa shape index (κ3) is 6.16. The Hall–Kier alpha value is -1.40. The molecule has 1 N–H and O–H groups in total. The van der Waals surface area contributed by atoms with Gasteiger partial charge in [-0.05, 0) is 42.0 Å². The Balaban J connectivity index is 2.35. The first-order valence-electron chi connectivity index (χ1n) is 6.41. The van der Waals surface area contributed by atoms with Gasteiger partial charge in [0.2, 0.25) is 5.91 Å². The number of hydrogen-bond donors (Lipinski definition) is 1. The first-order chi connectivity index (χ1) is 9.52. The second-order valence-corrected chi connectivity index (χ2v) is 5.18. The van der Waals surface area contributed by atoms with Gasteiger partial charge in [0.15, 0.2) is 0 Å². The van der Waals surface area contributed by atoms with Crippen LogP contribution < -0.4 is 5.32 Å². The van der Waals surface area contributed by atoms with Crippen LogP contribution in [0.4, 0.5) is 5.69 Å². The minimum absolute atomic E-state index is 0.122. The zero-order valence-electron chi connectivity index (χ0n) is 11.7. The number of amides is 1. The summed E-state index contributed by atoms with van der Waals surface area (Å²) >= 11 is 3.37. The second kappa shape index (κ2) is 8.71. The quantitative estimate of drug-likeness (QED) is 0.772. The lowest BCUT2D eigenvalue weighted by Gasteiger charge is -2.16. The Bertz CT molecular complexity index is 465. The number of hydrogen-bond acceptors (Lipinski definition) is 4. The predicted molar refractivity (Wildman–Crippen MR) is 81.5 cm³/mol. The summed E-state index contributed by atoms with van der Waals surface area (Å²) < 4.78 is 5.67. The molecule has 0 aromatic heterocycles. The molecule has 0 saturated heterocycles. The van der Waals surface area contributed by atoms with Crippen molar-refractivity contribution in [1.29, 1.82) is 0 Å². The van der Waals surface area contributed by atoms with E-state index in [0.717, 1.165) is 10.2 Å². The maximum Gasteiger partial charge on any atom is 0.307 e. The van der Waals surface area contributed by atoms with Gasteiger partial charge in [-0.2, -0.15) is 0 Å². The summed E-state index contributed by atoms with van der Waals surface area (Å²) in [6.45, 7) is 2.86. The van der Waals surface area contributed by atoms with Crippen molar-refractivity contribution in [3.63, 3.8) is 0 Å². The maximum absolute atomic E-state index is 11.9. The van der Waals surface area contributed by atoms with Crippen LogP contribution in [0.5, 0.6) is 0 Å². The molecule has 0 unspecified atom stereocenters. The van der Waals surface area contributed by atoms with Gasteiger partial charge in [-0.15, -0.1) is 0 Å². The molecule has 1 aromatic carbocycles. The molecule has 0 aliphatic heterocycles. The lowest BCUT2D eigenvalue weighted by molar-refractivity contribution is -0.143. The van der Waals surface area contributed by atoms with Crippen molar-refractivity contribution >= 4 is 33.5 Å². The summed E-state index contributed by atoms with van der Waals surface area (Å²) in [4.78, 5) is 24.8. The Kier molecular flexibility index (Phi) is 7.25. The molecule has 1 aromatic rings. The molecule has 0 saturated carbocycles. The average Bonchev–Trinajstić information content (AvgIpc) is 2.39. The third-order valence-electron chi connectivity index (χ3n) is 2.56. The fourth-order valence-corrected chi connectivity index (χ4v) is 1.98. The minimum atomic E-state index is -0.245. The summed E-state index contributed by atoms with van der Waals surface area (Å²) in [5.41, 5.74) is 0.733. The van der Waals surface area contributed by atoms with E-state index in [-0.39, 0.29) is 24.8 Å². The largest absolute Gasteiger partial charge is 0.466 e. The van der Waals surface area contributed by atoms with Crippen molar-refractivity contribution in [3.8, 4) is 0 Å². The first kappa shape index (κ1) is 16.7. The van der Waals surface area contributed by atoms with Gasteiger partial charge in [-0.1, -0.05) is 12.1 Å². The Morgan fingerprint density at radius 2 is 2.05 bits per heavy atom. The van der Waals surface area contributed by atoms with Crippen molar-refractivity contribution in [2.45, 2.75) is 13.3 Å². The van der Waals surface area contributed by atoms with Gasteiger partial charge in [-0.3, -0.25) is 14.5 Å². The summed E-state index contributed by atoms with van der Waals surface area (Å²) in [5, 5.41) is 2.81. The molecule has 5 nitrogen and oxygen atoms in total. The molecule has 1 rings (SSSR count). The molecule has 0 aliphatic rings. The highest BCUT2D eigenvalue weighted by Gasteiger charge is 2.10. The van der Waals surface area contributed by atoms with Gasteiger partial charge >= 0.3 is 5.97 Å². The molecule has 0 fully saturated rings. The highest BCUT2D eigenvalue weighted by molar-refractivity contribution is 9.10. The summed E-state index contributed by atoms with van der Waals surface area (Å²) in [6, 6.07) is 7.41. The molecule has 0 atom stereocenters. The van der Waals surface area contributed by atoms with Crippen molar-refractivity contribution in [1.82, 2.24) is 4.90 Å². The van der Waals surface area contributed by atoms with Crippen LogP contribution in [0.25, 0.3) is 0 Å². The number of para-hydroxylation sites is 1. The number of ether oxygens (including phenoxy) is 1. The standard InChI is InChI=1S/C14H19BrN2O3/c1-3-20-14(19)8-9-17(2)10-13(18)16-12-7-5-4-6-11(12)15/h4-7H,3,8-10H2,1-2H3,(H,16,18). The first-order valence-corrected chi connectivity index (χ1v) is 7.20. The van der Waals surface area contributed by atoms with Crippen LogP contribution in [-0.4, -0.2) is 43.5 Å². The number of nitrogens with zero attached hydrogens (tertiary/aromatic N) is 1. The van der Waals surface area contributed by atoms with Crippen molar-refractivity contribution in [2.24, 2.45) is 0 Å². The highest BCUT2D eigenvalue weighted by atomic mass is 79.9. The molecule has 0 bridgehead atoms. The number of benzene rings is 1. The molecular formula is C14H19BrN2O3. The van der Waals surface area contributed by atoms with Gasteiger partial charge in [-0.25, -0.2) is 0 Å². The van der Waals surface area contributed by atoms with Crippen LogP contribution in [0.2, 0.25) is 0 Å². The number of rotatable bonds is 7. The van der Waals surface area contributed by atoms with Crippen LogP contribution in [-0.2, 0) is 14.3 Å². The third-order valence-corrected chi connectivity index (χ3v) is 3.26. The number of halogens is 1. The van der Waals surface area contributed by atoms with Crippen molar-refractivity contribution < 1.29 is 14.3 Å². The van der Waals surface area contributed by atoms with E-state index in [2.05, 4.69) is 21.2 Å². The predicted octanol–water partition coefficient (Wildman–Crippen LogP) is 2.27. The number of carbonyl (C=O) groups excluding carboxylic acids is 2. The number of likely N-dealkylation sites (N-methyl/N-ethyl adjacent to an activating group) is 1. The van der Waals surface area contributed by atoms with Gasteiger partial charge in [0, 0.05) is 11.0 Å². The van der Waals surface area contributed by atoms with E-state index in [1.165, 1.54) is 0 Å². The number of anilines is 1. The highest BCUT2D eigenvalue weighted by Crippen LogP contribution is 2.20. The van der Waals surface area contributed by atoms with Crippen LogP contribution in [0.3, 0.4) is 0 Å². The lowest BCUT2D eigenvalue weighted by atomic mass is 10.3. The lowest BCUT2D eigenvalue weighted by Crippen LogP contribution is -2.32. The molecule has 6 heteroatoms. The Labute approximate surface area is 127 Å². The van der Waals surface area contributed by atoms with Crippen LogP contribution in [0, 0.1) is 0 Å². The molecule has 0 radical (unpaired) electrons. The zero-order chi connectivity index (χ0) is 15.0. The minimum Gasteiger partial charge on any atom is -0.466 e. The van der Waals surface area contributed by atoms with E-state index >= 15 is 0 Å². The number of nitrogens with one attached hydrogen (secondary N) is 1. The van der Waals surface area contributed by atoms with E-state index in [9.17, 15) is 9.59 Å². The second-order valence-electron chi connectivity index (χ2n) is 4.32. The monoisotopic (exact) mass is 342 g/mol. The summed E-state index contributed by atoms with van der Waals surface area (Å²) in [7, 11) is 1.79. The van der Waals surface area contributed by atoms with E-state index in [1.54, 1.807) is 18.9 Å². The SMILES string of the molecule is CCOC(=O)CCN(C)CC(=O)Nc1ccccc1Br. The Morgan fingerprint density at radius 3 is 2.70 bits per heavy atom. The molecule has 0 heterocycles. The molecule has 110 valence electrons. The van der Waals surface area contributed by atoms with Crippen LogP contribution in [0.1, 0.15) is 13.3 Å². The molecule has 20 heavy (non-hydrogen) atoms. The normalized spacial score (nSPS) is 10.4. The Morgan fingerprint density at radius 1 is 1.35 bits per heavy atom. The molecule has 0 spiro atoms. The maximum atomic E-state index is 11.9. The van der Waals surface area contributed by atoms with Gasteiger partial charge in [0.05, 0.1) is 25.3 Å². The zero-order valence-corrected chi connectivity index (χ0v) is 13.3. The van der Waals surface area contributed by atoms with Crippen LogP contribution in [0.15, 0.2) is 28.7 Å². The van der Waals surface area contributed by atoms with E-state index in [0.29, 0.717) is 13.2 Å². The van der Waals surface area contributed by atoms with Crippen molar-refractivity contribution in [3.05, 3.63) is 28.7 Å². The number of esters is 1. The fraction of sp³-hybridized carbons (Fsp3) is 0.429. The van der Waals surface area contributed by atoms with Gasteiger partial charge in [0.25, 0.3) is 0 Å². The van der Waals surface area contributed by atoms with Gasteiger partial charge in [0.1, 0.15) is 0 Å². The van der Waals surface area contributed by atoms with Crippen LogP contribution >= 0.6 is 15.9 Å². The summed E-state index contributed by atoms with van der Waals surface area (Å²) in [5.74, 6) is -0.367. The smallest absolute Gasteiger partial charge is 0.307 e. The van der Waals surface area contributed by atoms with Gasteiger partial charge < -0.3 is 10.1 Å². The average molecular weight is 343 g/mol. The van der Waals surface area contributed by atoms with E-state index in [1.807, 2.05) is 24.3 Å². The molecule has 0 aliphatic carbocycles. The van der Waals surface area contributed by atoms with E-state index < -0.39 is 0 Å². The molecular weight excluding hydrogens is 324 g/mol. The van der Waals surface area contributed by atoms with E-state index in [4.69, 9.17) is 4.74 Å². The van der Waals surface area contributed by atoms with Crippen molar-refractivity contribution in [2.75, 3.05) is 32.1 Å². The summed E-state index contributed by atoms with van der Waals surface area (Å²) in [6.07, 6.45) is 0.284. The number of carbonyl (C=O) groups is 2. The molecule has 1 amide bonds. The topological polar surface area (TPSA) is 58.6 Å². The fourth-order valence-electron chi connectivity index (χ4n) is 1.59.